The van der Waals surface area contributed by atoms with E-state index in [2.05, 4.69) is 5.16 Å². The van der Waals surface area contributed by atoms with Gasteiger partial charge in [0.15, 0.2) is 6.61 Å². The first-order valence-electron chi connectivity index (χ1n) is 8.22. The molecule has 3 aromatic rings. The summed E-state index contributed by atoms with van der Waals surface area (Å²) in [6, 6.07) is 7.91. The van der Waals surface area contributed by atoms with Crippen molar-refractivity contribution in [1.82, 2.24) is 10.1 Å². The van der Waals surface area contributed by atoms with Gasteiger partial charge in [-0.15, -0.1) is 11.3 Å². The van der Waals surface area contributed by atoms with Crippen molar-refractivity contribution in [2.45, 2.75) is 13.5 Å². The number of likely N-dealkylation sites (N-methyl/N-ethyl adjacent to an activating group) is 1. The van der Waals surface area contributed by atoms with Crippen molar-refractivity contribution in [3.05, 3.63) is 62.8 Å². The number of nitrogens with zero attached hydrogens (tertiary/aromatic N) is 2. The van der Waals surface area contributed by atoms with E-state index in [-0.39, 0.29) is 33.5 Å². The fraction of sp³-hybridized carbons (Fsp3) is 0.211. The molecule has 0 bridgehead atoms. The Hall–Kier alpha value is -2.71. The van der Waals surface area contributed by atoms with Gasteiger partial charge in [-0.1, -0.05) is 28.9 Å². The number of hydrogen-bond donors (Lipinski definition) is 0. The molecule has 0 radical (unpaired) electrons. The maximum atomic E-state index is 14.2. The maximum Gasteiger partial charge on any atom is 0.344 e. The van der Waals surface area contributed by atoms with E-state index in [0.717, 1.165) is 4.88 Å². The highest BCUT2D eigenvalue weighted by Crippen LogP contribution is 2.33. The average molecular weight is 423 g/mol. The molecular formula is C19H16ClFN2O4S. The van der Waals surface area contributed by atoms with E-state index >= 15 is 0 Å². The van der Waals surface area contributed by atoms with Crippen molar-refractivity contribution >= 4 is 34.8 Å². The summed E-state index contributed by atoms with van der Waals surface area (Å²) in [6.07, 6.45) is 0. The third-order valence-electron chi connectivity index (χ3n) is 3.99. The lowest BCUT2D eigenvalue weighted by atomic mass is 10.1. The first-order chi connectivity index (χ1) is 13.4. The Balaban J connectivity index is 1.73. The van der Waals surface area contributed by atoms with Gasteiger partial charge in [0.1, 0.15) is 22.8 Å². The number of esters is 1. The number of carbonyl (C=O) groups excluding carboxylic acids is 2. The predicted molar refractivity (Wildman–Crippen MR) is 103 cm³/mol. The first kappa shape index (κ1) is 20.0. The molecule has 6 nitrogen and oxygen atoms in total. The Morgan fingerprint density at radius 2 is 2.11 bits per heavy atom. The standard InChI is InChI=1S/C19H16ClFN2O4S/c1-11-16(18(22-27-11)17-13(20)6-3-7-14(17)21)19(25)26-10-15(24)23(2)9-12-5-4-8-28-12/h3-8H,9-10H2,1-2H3. The molecule has 1 aromatic carbocycles. The minimum atomic E-state index is -0.842. The summed E-state index contributed by atoms with van der Waals surface area (Å²) in [6.45, 7) is 1.44. The minimum Gasteiger partial charge on any atom is -0.452 e. The van der Waals surface area contributed by atoms with Crippen LogP contribution in [0, 0.1) is 12.7 Å². The Morgan fingerprint density at radius 3 is 2.79 bits per heavy atom. The van der Waals surface area contributed by atoms with Crippen LogP contribution in [-0.2, 0) is 16.1 Å². The summed E-state index contributed by atoms with van der Waals surface area (Å²) in [7, 11) is 1.62. The summed E-state index contributed by atoms with van der Waals surface area (Å²) in [4.78, 5) is 27.2. The van der Waals surface area contributed by atoms with Crippen LogP contribution in [-0.4, -0.2) is 35.6 Å². The number of halogens is 2. The number of aromatic nitrogens is 1. The lowest BCUT2D eigenvalue weighted by Gasteiger charge is -2.16. The fourth-order valence-electron chi connectivity index (χ4n) is 2.54. The number of amides is 1. The molecular weight excluding hydrogens is 407 g/mol. The molecule has 146 valence electrons. The molecule has 2 heterocycles. The molecule has 0 unspecified atom stereocenters. The van der Waals surface area contributed by atoms with Crippen LogP contribution in [0.15, 0.2) is 40.2 Å². The van der Waals surface area contributed by atoms with Gasteiger partial charge in [0.2, 0.25) is 0 Å². The fourth-order valence-corrected chi connectivity index (χ4v) is 3.55. The summed E-state index contributed by atoms with van der Waals surface area (Å²) in [5, 5.41) is 5.74. The molecule has 9 heteroatoms. The maximum absolute atomic E-state index is 14.2. The monoisotopic (exact) mass is 422 g/mol. The Morgan fingerprint density at radius 1 is 1.32 bits per heavy atom. The molecule has 0 aliphatic carbocycles. The van der Waals surface area contributed by atoms with Crippen LogP contribution in [0.4, 0.5) is 4.39 Å². The van der Waals surface area contributed by atoms with Gasteiger partial charge in [0.25, 0.3) is 5.91 Å². The van der Waals surface area contributed by atoms with E-state index in [1.54, 1.807) is 7.05 Å². The molecule has 1 amide bonds. The molecule has 0 N–H and O–H groups in total. The number of rotatable bonds is 6. The summed E-state index contributed by atoms with van der Waals surface area (Å²) < 4.78 is 24.4. The molecule has 0 spiro atoms. The SMILES string of the molecule is Cc1onc(-c2c(F)cccc2Cl)c1C(=O)OCC(=O)N(C)Cc1cccs1. The largest absolute Gasteiger partial charge is 0.452 e. The summed E-state index contributed by atoms with van der Waals surface area (Å²) >= 11 is 7.58. The topological polar surface area (TPSA) is 72.6 Å². The van der Waals surface area contributed by atoms with Crippen LogP contribution in [0.25, 0.3) is 11.3 Å². The molecule has 0 saturated carbocycles. The molecule has 0 fully saturated rings. The van der Waals surface area contributed by atoms with Crippen LogP contribution in [0.3, 0.4) is 0 Å². The van der Waals surface area contributed by atoms with Crippen LogP contribution in [0.1, 0.15) is 21.0 Å². The molecule has 3 rings (SSSR count). The van der Waals surface area contributed by atoms with Gasteiger partial charge >= 0.3 is 5.97 Å². The van der Waals surface area contributed by atoms with Gasteiger partial charge in [-0.05, 0) is 30.5 Å². The Labute approximate surface area is 169 Å². The number of aryl methyl sites for hydroxylation is 1. The lowest BCUT2D eigenvalue weighted by Crippen LogP contribution is -2.30. The van der Waals surface area contributed by atoms with Crippen molar-refractivity contribution in [3.63, 3.8) is 0 Å². The number of thiophene rings is 1. The van der Waals surface area contributed by atoms with Gasteiger partial charge in [-0.25, -0.2) is 9.18 Å². The molecule has 0 saturated heterocycles. The average Bonchev–Trinajstić information content (AvgIpc) is 3.29. The van der Waals surface area contributed by atoms with Crippen LogP contribution in [0.2, 0.25) is 5.02 Å². The highest BCUT2D eigenvalue weighted by Gasteiger charge is 2.27. The van der Waals surface area contributed by atoms with Crippen molar-refractivity contribution in [1.29, 1.82) is 0 Å². The van der Waals surface area contributed by atoms with Crippen LogP contribution < -0.4 is 0 Å². The molecule has 0 aliphatic rings. The van der Waals surface area contributed by atoms with Crippen molar-refractivity contribution in [2.75, 3.05) is 13.7 Å². The Kier molecular flexibility index (Phi) is 6.11. The molecule has 28 heavy (non-hydrogen) atoms. The van der Waals surface area contributed by atoms with E-state index in [9.17, 15) is 14.0 Å². The molecule has 0 atom stereocenters. The first-order valence-corrected chi connectivity index (χ1v) is 9.48. The van der Waals surface area contributed by atoms with Gasteiger partial charge in [-0.3, -0.25) is 4.79 Å². The van der Waals surface area contributed by atoms with Gasteiger partial charge in [0, 0.05) is 11.9 Å². The number of benzene rings is 1. The Bertz CT molecular complexity index is 983. The van der Waals surface area contributed by atoms with Gasteiger partial charge in [-0.2, -0.15) is 0 Å². The summed E-state index contributed by atoms with van der Waals surface area (Å²) in [5.74, 6) is -1.73. The van der Waals surface area contributed by atoms with Gasteiger partial charge < -0.3 is 14.2 Å². The number of hydrogen-bond acceptors (Lipinski definition) is 6. The van der Waals surface area contributed by atoms with E-state index < -0.39 is 18.4 Å². The molecule has 0 aliphatic heterocycles. The van der Waals surface area contributed by atoms with Crippen molar-refractivity contribution in [3.8, 4) is 11.3 Å². The third-order valence-corrected chi connectivity index (χ3v) is 5.17. The van der Waals surface area contributed by atoms with Crippen LogP contribution >= 0.6 is 22.9 Å². The van der Waals surface area contributed by atoms with Crippen molar-refractivity contribution in [2.24, 2.45) is 0 Å². The third kappa shape index (κ3) is 4.23. The van der Waals surface area contributed by atoms with E-state index in [1.807, 2.05) is 17.5 Å². The minimum absolute atomic E-state index is 0.0610. The number of carbonyl (C=O) groups is 2. The van der Waals surface area contributed by atoms with E-state index in [1.165, 1.54) is 41.4 Å². The lowest BCUT2D eigenvalue weighted by molar-refractivity contribution is -0.133. The van der Waals surface area contributed by atoms with E-state index in [0.29, 0.717) is 6.54 Å². The zero-order valence-corrected chi connectivity index (χ0v) is 16.6. The highest BCUT2D eigenvalue weighted by molar-refractivity contribution is 7.09. The van der Waals surface area contributed by atoms with Crippen LogP contribution in [0.5, 0.6) is 0 Å². The van der Waals surface area contributed by atoms with E-state index in [4.69, 9.17) is 20.9 Å². The summed E-state index contributed by atoms with van der Waals surface area (Å²) in [5.41, 5.74) is -0.195. The highest BCUT2D eigenvalue weighted by atomic mass is 35.5. The van der Waals surface area contributed by atoms with Crippen molar-refractivity contribution < 1.29 is 23.2 Å². The quantitative estimate of drug-likeness (QED) is 0.553. The second-order valence-corrected chi connectivity index (χ2v) is 7.40. The second-order valence-electron chi connectivity index (χ2n) is 5.96. The second kappa shape index (κ2) is 8.53. The molecule has 2 aromatic heterocycles. The smallest absolute Gasteiger partial charge is 0.344 e. The zero-order valence-electron chi connectivity index (χ0n) is 15.1. The normalized spacial score (nSPS) is 10.7. The predicted octanol–water partition coefficient (Wildman–Crippen LogP) is 4.32. The zero-order chi connectivity index (χ0) is 20.3. The number of ether oxygens (including phenoxy) is 1. The van der Waals surface area contributed by atoms with Gasteiger partial charge in [0.05, 0.1) is 17.1 Å².